The van der Waals surface area contributed by atoms with Crippen molar-refractivity contribution in [3.8, 4) is 45.0 Å². The van der Waals surface area contributed by atoms with E-state index in [0.717, 1.165) is 118 Å². The van der Waals surface area contributed by atoms with Crippen LogP contribution in [0.1, 0.15) is 122 Å². The number of H-pyrrole nitrogens is 2. The lowest BCUT2D eigenvalue weighted by Crippen LogP contribution is -2.56. The third-order valence-electron chi connectivity index (χ3n) is 20.4. The zero-order valence-corrected chi connectivity index (χ0v) is 61.3. The molecule has 25 nitrogen and oxygen atoms in total. The van der Waals surface area contributed by atoms with E-state index in [1.54, 1.807) is 29.7 Å². The van der Waals surface area contributed by atoms with Gasteiger partial charge in [-0.25, -0.2) is 46.7 Å². The van der Waals surface area contributed by atoms with Crippen molar-refractivity contribution in [3.05, 3.63) is 221 Å². The molecule has 8 aromatic heterocycles. The SMILES string of the molecule is C[C@H]1CN(C(=O)c2cn3nc(-c4ccc(F)cc4)cc(C(F)(F)F)c3n2)CCN1C(=O)C1CCCCC1.C[C@H]1CN(C(=O)c2cn3nc(-c4ccc(F)cc4)cc(C(F)(F)F)c3n2)CCN1C(=O)c1cc(-c2ccccc2)n[nH]1.C[C@H]1CN(C(=O)c2cn3nc(-c4ccc(F)cc4)cc(C(F)(F)F)c3n2)CCN1C(=O)c1ncc[nH]1. The summed E-state index contributed by atoms with van der Waals surface area (Å²) in [6.07, 6.45) is -2.79. The molecule has 0 bridgehead atoms. The van der Waals surface area contributed by atoms with Gasteiger partial charge in [-0.2, -0.15) is 59.9 Å². The molecule has 4 aromatic carbocycles. The summed E-state index contributed by atoms with van der Waals surface area (Å²) in [5.74, 6) is -3.51. The van der Waals surface area contributed by atoms with Gasteiger partial charge in [-0.05, 0) is 131 Å². The van der Waals surface area contributed by atoms with Crippen molar-refractivity contribution >= 4 is 52.4 Å². The van der Waals surface area contributed by atoms with Crippen LogP contribution in [0.25, 0.3) is 62.0 Å². The predicted octanol–water partition coefficient (Wildman–Crippen LogP) is 13.0. The van der Waals surface area contributed by atoms with Crippen LogP contribution in [0.3, 0.4) is 0 Å². The fraction of sp³-hybridized carbons (Fsp3) is 0.308. The summed E-state index contributed by atoms with van der Waals surface area (Å²) in [6, 6.07) is 27.3. The fourth-order valence-electron chi connectivity index (χ4n) is 14.4. The van der Waals surface area contributed by atoms with Crippen LogP contribution in [0, 0.1) is 23.4 Å². The minimum Gasteiger partial charge on any atom is -0.341 e. The number of amides is 6. The van der Waals surface area contributed by atoms with Gasteiger partial charge < -0.3 is 34.4 Å². The Morgan fingerprint density at radius 3 is 1.14 bits per heavy atom. The molecule has 0 radical (unpaired) electrons. The van der Waals surface area contributed by atoms with Crippen molar-refractivity contribution in [1.82, 2.24) is 93.4 Å². The normalized spacial score (nSPS) is 17.2. The molecule has 115 heavy (non-hydrogen) atoms. The Hall–Kier alpha value is -12.9. The van der Waals surface area contributed by atoms with E-state index in [0.29, 0.717) is 23.5 Å². The number of halogens is 12. The molecule has 6 amide bonds. The second-order valence-corrected chi connectivity index (χ2v) is 28.2. The van der Waals surface area contributed by atoms with Crippen LogP contribution < -0.4 is 0 Å². The van der Waals surface area contributed by atoms with Gasteiger partial charge in [0.15, 0.2) is 22.8 Å². The van der Waals surface area contributed by atoms with E-state index in [-0.39, 0.29) is 145 Å². The smallest absolute Gasteiger partial charge is 0.341 e. The van der Waals surface area contributed by atoms with Gasteiger partial charge >= 0.3 is 18.5 Å². The fourth-order valence-corrected chi connectivity index (χ4v) is 14.4. The van der Waals surface area contributed by atoms with Crippen LogP contribution in [-0.2, 0) is 23.3 Å². The maximum Gasteiger partial charge on any atom is 0.420 e. The quantitative estimate of drug-likeness (QED) is 0.121. The lowest BCUT2D eigenvalue weighted by molar-refractivity contribution is -0.141. The Morgan fingerprint density at radius 1 is 0.417 bits per heavy atom. The second kappa shape index (κ2) is 32.0. The number of hydrogen-bond donors (Lipinski definition) is 2. The van der Waals surface area contributed by atoms with Crippen molar-refractivity contribution in [1.29, 1.82) is 0 Å². The summed E-state index contributed by atoms with van der Waals surface area (Å²) in [6.45, 7) is 7.42. The van der Waals surface area contributed by atoms with Gasteiger partial charge in [0.05, 0.1) is 41.4 Å². The van der Waals surface area contributed by atoms with Crippen LogP contribution in [-0.4, -0.2) is 206 Å². The van der Waals surface area contributed by atoms with Gasteiger partial charge in [0.2, 0.25) is 5.91 Å². The number of piperazine rings is 3. The Bertz CT molecular complexity index is 5610. The molecule has 16 rings (SSSR count). The van der Waals surface area contributed by atoms with Gasteiger partial charge in [0.25, 0.3) is 29.5 Å². The lowest BCUT2D eigenvalue weighted by atomic mass is 9.88. The highest BCUT2D eigenvalue weighted by molar-refractivity contribution is 5.97. The van der Waals surface area contributed by atoms with Gasteiger partial charge in [-0.1, -0.05) is 49.6 Å². The average Bonchev–Trinajstić information content (AvgIpc) is 1.66. The molecule has 12 aromatic rings. The number of nitrogens with one attached hydrogen (secondary N) is 2. The topological polar surface area (TPSA) is 270 Å². The molecule has 4 fully saturated rings. The predicted molar refractivity (Wildman–Crippen MR) is 389 cm³/mol. The maximum absolute atomic E-state index is 14.0. The molecular formula is C78H69F12N19O6. The first kappa shape index (κ1) is 78.8. The number of hydrogen-bond acceptors (Lipinski definition) is 14. The van der Waals surface area contributed by atoms with Crippen molar-refractivity contribution in [3.63, 3.8) is 0 Å². The van der Waals surface area contributed by atoms with Gasteiger partial charge in [0.1, 0.15) is 56.9 Å². The Labute approximate surface area is 645 Å². The summed E-state index contributed by atoms with van der Waals surface area (Å²) in [5.41, 5.74) is -2.79. The Morgan fingerprint density at radius 2 is 0.783 bits per heavy atom. The summed E-state index contributed by atoms with van der Waals surface area (Å²) in [4.78, 5) is 107. The molecule has 3 aliphatic heterocycles. The molecule has 0 spiro atoms. The van der Waals surface area contributed by atoms with Crippen LogP contribution in [0.5, 0.6) is 0 Å². The number of imidazole rings is 4. The third kappa shape index (κ3) is 17.0. The maximum atomic E-state index is 14.0. The molecule has 3 atom stereocenters. The molecule has 3 saturated heterocycles. The summed E-state index contributed by atoms with van der Waals surface area (Å²) in [7, 11) is 0. The largest absolute Gasteiger partial charge is 0.420 e. The molecule has 2 N–H and O–H groups in total. The zero-order chi connectivity index (χ0) is 81.5. The molecule has 37 heteroatoms. The standard InChI is InChI=1S/C29H23F4N7O2.C26H27F4N5O2.C23H19F4N7O2/c1-17-15-38(11-12-39(17)28(42)24-14-22(35-36-24)18-5-3-2-4-6-18)27(41)25-16-40-26(34-25)21(29(31,32)33)13-23(37-40)19-7-9-20(30)10-8-19;1-16-14-33(11-12-34(16)24(36)18-5-3-2-4-6-18)25(37)22-15-35-23(31-22)20(26(28,29)30)13-21(32-35)17-7-9-19(27)10-8-17;1-13-11-32(8-9-33(13)22(36)19-28-6-7-29-19)21(35)18-12-34-20(30-18)16(23(25,26)27)10-17(31-34)14-2-4-15(24)5-3-14/h2-10,13-14,16-17H,11-12,15H2,1H3,(H,35,36);7-10,13,15-16,18H,2-6,11-12,14H2,1H3;2-7,10,12-13H,8-9,11H2,1H3,(H,28,29)/t17-;16-;13-/m000/s1. The van der Waals surface area contributed by atoms with E-state index in [4.69, 9.17) is 0 Å². The third-order valence-corrected chi connectivity index (χ3v) is 20.4. The number of rotatable bonds is 10. The second-order valence-electron chi connectivity index (χ2n) is 28.2. The number of fused-ring (bicyclic) bond motifs is 3. The lowest BCUT2D eigenvalue weighted by Gasteiger charge is -2.41. The first-order chi connectivity index (χ1) is 54.8. The van der Waals surface area contributed by atoms with Crippen LogP contribution in [0.4, 0.5) is 52.7 Å². The number of aromatic nitrogens is 13. The van der Waals surface area contributed by atoms with E-state index in [1.165, 1.54) is 69.7 Å². The number of carbonyl (C=O) groups excluding carboxylic acids is 6. The summed E-state index contributed by atoms with van der Waals surface area (Å²) < 4.78 is 168. The molecule has 1 aliphatic carbocycles. The van der Waals surface area contributed by atoms with Gasteiger partial charge in [-0.15, -0.1) is 0 Å². The van der Waals surface area contributed by atoms with Gasteiger partial charge in [0, 0.05) is 118 Å². The van der Waals surface area contributed by atoms with E-state index >= 15 is 0 Å². The number of carbonyl (C=O) groups is 6. The van der Waals surface area contributed by atoms with Gasteiger partial charge in [-0.3, -0.25) is 33.9 Å². The average molecular weight is 1600 g/mol. The Kier molecular flexibility index (Phi) is 21.9. The van der Waals surface area contributed by atoms with Crippen LogP contribution in [0.2, 0.25) is 0 Å². The highest BCUT2D eigenvalue weighted by Crippen LogP contribution is 2.39. The summed E-state index contributed by atoms with van der Waals surface area (Å²) >= 11 is 0. The first-order valence-electron chi connectivity index (χ1n) is 36.4. The van der Waals surface area contributed by atoms with Crippen molar-refractivity contribution < 1.29 is 81.5 Å². The van der Waals surface area contributed by atoms with E-state index < -0.39 is 87.3 Å². The van der Waals surface area contributed by atoms with Crippen molar-refractivity contribution in [2.45, 2.75) is 89.5 Å². The zero-order valence-electron chi connectivity index (χ0n) is 61.3. The number of benzene rings is 4. The monoisotopic (exact) mass is 1600 g/mol. The number of alkyl halides is 9. The van der Waals surface area contributed by atoms with E-state index in [1.807, 2.05) is 42.2 Å². The minimum atomic E-state index is -4.78. The number of aromatic amines is 2. The summed E-state index contributed by atoms with van der Waals surface area (Å²) in [5, 5.41) is 19.6. The Balaban J connectivity index is 0.000000143. The first-order valence-corrected chi connectivity index (χ1v) is 36.4. The minimum absolute atomic E-state index is 0.0269. The van der Waals surface area contributed by atoms with E-state index in [9.17, 15) is 81.5 Å². The van der Waals surface area contributed by atoms with E-state index in [2.05, 4.69) is 50.4 Å². The molecule has 1 saturated carbocycles. The molecule has 11 heterocycles. The van der Waals surface area contributed by atoms with Crippen LogP contribution in [0.15, 0.2) is 158 Å². The molecule has 4 aliphatic rings. The molecular weight excluding hydrogens is 1530 g/mol. The highest BCUT2D eigenvalue weighted by atomic mass is 19.4. The van der Waals surface area contributed by atoms with Crippen LogP contribution >= 0.6 is 0 Å². The molecule has 596 valence electrons. The number of nitrogens with zero attached hydrogens (tertiary/aromatic N) is 17. The van der Waals surface area contributed by atoms with Crippen molar-refractivity contribution in [2.24, 2.45) is 5.92 Å². The van der Waals surface area contributed by atoms with Crippen molar-refractivity contribution in [2.75, 3.05) is 58.9 Å². The molecule has 0 unspecified atom stereocenters. The highest BCUT2D eigenvalue weighted by Gasteiger charge is 2.42.